The molecule has 0 unspecified atom stereocenters. The highest BCUT2D eigenvalue weighted by Gasteiger charge is 2.22. The summed E-state index contributed by atoms with van der Waals surface area (Å²) in [5.41, 5.74) is 3.42. The van der Waals surface area contributed by atoms with E-state index in [1.54, 1.807) is 16.0 Å². The summed E-state index contributed by atoms with van der Waals surface area (Å²) in [6.45, 7) is 6.19. The maximum absolute atomic E-state index is 12.3. The van der Waals surface area contributed by atoms with E-state index >= 15 is 0 Å². The number of piperazine rings is 1. The van der Waals surface area contributed by atoms with Crippen molar-refractivity contribution < 1.29 is 18.7 Å². The number of amides is 2. The second kappa shape index (κ2) is 8.49. The number of carbonyl (C=O) groups is 2. The Morgan fingerprint density at radius 1 is 1.22 bits per heavy atom. The number of rotatable bonds is 6. The maximum Gasteiger partial charge on any atom is 0.323 e. The summed E-state index contributed by atoms with van der Waals surface area (Å²) in [6.07, 6.45) is 0. The summed E-state index contributed by atoms with van der Waals surface area (Å²) >= 11 is 0. The van der Waals surface area contributed by atoms with E-state index in [1.165, 1.54) is 6.92 Å². The molecule has 27 heavy (non-hydrogen) atoms. The molecule has 0 atom stereocenters. The first-order chi connectivity index (χ1) is 13.0. The minimum Gasteiger partial charge on any atom is -0.494 e. The van der Waals surface area contributed by atoms with Crippen LogP contribution in [-0.2, 0) is 4.79 Å². The normalized spacial score (nSPS) is 14.7. The number of benzene rings is 1. The molecule has 0 aliphatic carbocycles. The molecule has 144 valence electrons. The van der Waals surface area contributed by atoms with Crippen molar-refractivity contribution in [2.45, 2.75) is 13.8 Å². The Kier molecular flexibility index (Phi) is 5.87. The summed E-state index contributed by atoms with van der Waals surface area (Å²) in [5.74, 6) is 0.106. The zero-order valence-electron chi connectivity index (χ0n) is 15.3. The molecule has 1 saturated heterocycles. The largest absolute Gasteiger partial charge is 0.494 e. The second-order valence-electron chi connectivity index (χ2n) is 5.93. The monoisotopic (exact) mass is 374 g/mol. The van der Waals surface area contributed by atoms with E-state index < -0.39 is 5.91 Å². The molecule has 0 bridgehead atoms. The third kappa shape index (κ3) is 4.94. The molecule has 1 aliphatic rings. The molecule has 0 spiro atoms. The number of aromatic nitrogens is 2. The fraction of sp³-hybridized carbons (Fsp3) is 0.412. The van der Waals surface area contributed by atoms with Crippen LogP contribution in [0.4, 0.5) is 11.7 Å². The molecule has 0 radical (unpaired) electrons. The summed E-state index contributed by atoms with van der Waals surface area (Å²) in [6, 6.07) is 7.39. The van der Waals surface area contributed by atoms with Crippen LogP contribution in [-0.4, -0.2) is 64.7 Å². The molecule has 1 aromatic heterocycles. The summed E-state index contributed by atoms with van der Waals surface area (Å²) < 4.78 is 10.8. The molecule has 1 fully saturated rings. The number of carbonyl (C=O) groups excluding carboxylic acids is 2. The number of hydrogen-bond donors (Lipinski definition) is 2. The van der Waals surface area contributed by atoms with E-state index in [9.17, 15) is 9.59 Å². The molecule has 2 heterocycles. The van der Waals surface area contributed by atoms with Gasteiger partial charge in [-0.15, -0.1) is 5.10 Å². The lowest BCUT2D eigenvalue weighted by Gasteiger charge is -2.33. The van der Waals surface area contributed by atoms with Crippen molar-refractivity contribution in [2.24, 2.45) is 0 Å². The Bertz CT molecular complexity index is 800. The summed E-state index contributed by atoms with van der Waals surface area (Å²) in [7, 11) is 0. The van der Waals surface area contributed by atoms with Gasteiger partial charge < -0.3 is 19.4 Å². The topological polar surface area (TPSA) is 113 Å². The summed E-state index contributed by atoms with van der Waals surface area (Å²) in [5, 5.41) is 12.3. The van der Waals surface area contributed by atoms with Crippen molar-refractivity contribution in [1.82, 2.24) is 25.5 Å². The van der Waals surface area contributed by atoms with Gasteiger partial charge >= 0.3 is 17.8 Å². The highest BCUT2D eigenvalue weighted by Crippen LogP contribution is 2.20. The van der Waals surface area contributed by atoms with Gasteiger partial charge in [-0.1, -0.05) is 11.2 Å². The first kappa shape index (κ1) is 18.6. The first-order valence-corrected chi connectivity index (χ1v) is 8.70. The van der Waals surface area contributed by atoms with Crippen LogP contribution in [0.2, 0.25) is 0 Å². The Morgan fingerprint density at radius 2 is 2.00 bits per heavy atom. The fourth-order valence-corrected chi connectivity index (χ4v) is 2.64. The van der Waals surface area contributed by atoms with Crippen LogP contribution in [0, 0.1) is 0 Å². The molecule has 2 amide bonds. The molecule has 1 aliphatic heterocycles. The molecule has 10 nitrogen and oxygen atoms in total. The average Bonchev–Trinajstić information content (AvgIpc) is 3.11. The number of hydrazine groups is 1. The van der Waals surface area contributed by atoms with Crippen molar-refractivity contribution in [2.75, 3.05) is 38.1 Å². The highest BCUT2D eigenvalue weighted by atomic mass is 16.5. The van der Waals surface area contributed by atoms with Crippen molar-refractivity contribution in [3.8, 4) is 5.75 Å². The van der Waals surface area contributed by atoms with Crippen LogP contribution >= 0.6 is 0 Å². The van der Waals surface area contributed by atoms with Gasteiger partial charge in [0.1, 0.15) is 5.75 Å². The van der Waals surface area contributed by atoms with Crippen LogP contribution in [0.15, 0.2) is 28.7 Å². The molecule has 10 heteroatoms. The second-order valence-corrected chi connectivity index (χ2v) is 5.93. The first-order valence-electron chi connectivity index (χ1n) is 8.70. The van der Waals surface area contributed by atoms with E-state index in [0.717, 1.165) is 0 Å². The predicted octanol–water partition coefficient (Wildman–Crippen LogP) is 1.02. The summed E-state index contributed by atoms with van der Waals surface area (Å²) in [4.78, 5) is 25.3. The molecule has 2 N–H and O–H groups in total. The Balaban J connectivity index is 1.55. The van der Waals surface area contributed by atoms with Crippen LogP contribution in [0.25, 0.3) is 0 Å². The Labute approximate surface area is 156 Å². The van der Waals surface area contributed by atoms with E-state index in [-0.39, 0.29) is 17.8 Å². The van der Waals surface area contributed by atoms with E-state index in [0.29, 0.717) is 44.2 Å². The zero-order chi connectivity index (χ0) is 19.2. The number of ether oxygens (including phenoxy) is 1. The molecule has 3 rings (SSSR count). The average molecular weight is 374 g/mol. The van der Waals surface area contributed by atoms with Crippen LogP contribution in [0.3, 0.4) is 0 Å². The number of anilines is 2. The van der Waals surface area contributed by atoms with E-state index in [1.807, 2.05) is 25.1 Å². The predicted molar refractivity (Wildman–Crippen MR) is 96.5 cm³/mol. The van der Waals surface area contributed by atoms with Crippen molar-refractivity contribution in [3.05, 3.63) is 30.2 Å². The van der Waals surface area contributed by atoms with Gasteiger partial charge in [0.2, 0.25) is 5.91 Å². The maximum atomic E-state index is 12.3. The number of nitrogens with zero attached hydrogens (tertiary/aromatic N) is 4. The third-order valence-electron chi connectivity index (χ3n) is 4.00. The lowest BCUT2D eigenvalue weighted by molar-refractivity contribution is -0.130. The lowest BCUT2D eigenvalue weighted by Crippen LogP contribution is -2.54. The smallest absolute Gasteiger partial charge is 0.323 e. The van der Waals surface area contributed by atoms with E-state index in [2.05, 4.69) is 20.9 Å². The molecular formula is C17H22N6O4. The van der Waals surface area contributed by atoms with E-state index in [4.69, 9.17) is 9.15 Å². The zero-order valence-corrected chi connectivity index (χ0v) is 15.3. The van der Waals surface area contributed by atoms with Gasteiger partial charge in [0.05, 0.1) is 6.61 Å². The lowest BCUT2D eigenvalue weighted by atomic mass is 10.3. The highest BCUT2D eigenvalue weighted by molar-refractivity contribution is 5.89. The van der Waals surface area contributed by atoms with Gasteiger partial charge in [0, 0.05) is 44.9 Å². The Morgan fingerprint density at radius 3 is 2.70 bits per heavy atom. The SMILES string of the molecule is CCOc1cccc(Nc2nnc(C(=O)NN3CCN(C(C)=O)CC3)o2)c1. The van der Waals surface area contributed by atoms with Crippen LogP contribution < -0.4 is 15.5 Å². The molecular weight excluding hydrogens is 352 g/mol. The van der Waals surface area contributed by atoms with Gasteiger partial charge in [-0.3, -0.25) is 15.0 Å². The quantitative estimate of drug-likeness (QED) is 0.771. The van der Waals surface area contributed by atoms with Gasteiger partial charge in [0.25, 0.3) is 0 Å². The van der Waals surface area contributed by atoms with Crippen LogP contribution in [0.1, 0.15) is 24.5 Å². The minimum atomic E-state index is -0.491. The number of nitrogens with one attached hydrogen (secondary N) is 2. The van der Waals surface area contributed by atoms with Crippen molar-refractivity contribution >= 4 is 23.5 Å². The minimum absolute atomic E-state index is 0.0296. The fourth-order valence-electron chi connectivity index (χ4n) is 2.64. The van der Waals surface area contributed by atoms with Crippen LogP contribution in [0.5, 0.6) is 5.75 Å². The van der Waals surface area contributed by atoms with Crippen molar-refractivity contribution in [3.63, 3.8) is 0 Å². The molecule has 1 aromatic carbocycles. The third-order valence-corrected chi connectivity index (χ3v) is 4.00. The van der Waals surface area contributed by atoms with Gasteiger partial charge in [-0.05, 0) is 19.1 Å². The standard InChI is InChI=1S/C17H22N6O4/c1-3-26-14-6-4-5-13(11-14)18-17-20-19-16(27-17)15(25)21-23-9-7-22(8-10-23)12(2)24/h4-6,11H,3,7-10H2,1-2H3,(H,18,20)(H,21,25). The number of hydrogen-bond acceptors (Lipinski definition) is 8. The molecule has 0 saturated carbocycles. The van der Waals surface area contributed by atoms with Crippen molar-refractivity contribution in [1.29, 1.82) is 0 Å². The van der Waals surface area contributed by atoms with Gasteiger partial charge in [-0.2, -0.15) is 0 Å². The van der Waals surface area contributed by atoms with Gasteiger partial charge in [0.15, 0.2) is 0 Å². The van der Waals surface area contributed by atoms with Gasteiger partial charge in [-0.25, -0.2) is 5.01 Å². The Hall–Kier alpha value is -3.14. The molecule has 2 aromatic rings.